The van der Waals surface area contributed by atoms with E-state index in [0.29, 0.717) is 19.4 Å². The first-order valence-corrected chi connectivity index (χ1v) is 30.1. The Labute approximate surface area is 446 Å². The van der Waals surface area contributed by atoms with E-state index in [1.54, 1.807) is 6.08 Å². The summed E-state index contributed by atoms with van der Waals surface area (Å²) in [5.41, 5.74) is 0. The Kier molecular flexibility index (Phi) is 48.2. The molecular formula is C62H111NO10. The molecule has 11 heteroatoms. The summed E-state index contributed by atoms with van der Waals surface area (Å²) in [6.07, 6.45) is 56.0. The average molecular weight is 1030 g/mol. The molecular weight excluding hydrogens is 919 g/mol. The number of esters is 1. The summed E-state index contributed by atoms with van der Waals surface area (Å²) in [5, 5.41) is 54.3. The third-order valence-corrected chi connectivity index (χ3v) is 13.8. The minimum absolute atomic E-state index is 0.0152. The molecule has 0 spiro atoms. The number of carbonyl (C=O) groups excluding carboxylic acids is 2. The molecule has 1 aliphatic rings. The predicted octanol–water partition coefficient (Wildman–Crippen LogP) is 13.8. The Balaban J connectivity index is 2.08. The number of hydrogen-bond acceptors (Lipinski definition) is 10. The van der Waals surface area contributed by atoms with Gasteiger partial charge in [0.05, 0.1) is 32.0 Å². The fourth-order valence-electron chi connectivity index (χ4n) is 8.96. The van der Waals surface area contributed by atoms with E-state index in [4.69, 9.17) is 14.2 Å². The number of ether oxygens (including phenoxy) is 3. The number of nitrogens with one attached hydrogen (secondary N) is 1. The van der Waals surface area contributed by atoms with Crippen molar-refractivity contribution >= 4 is 11.9 Å². The number of hydrogen-bond donors (Lipinski definition) is 6. The number of aliphatic hydroxyl groups is 5. The van der Waals surface area contributed by atoms with Crippen molar-refractivity contribution < 1.29 is 49.3 Å². The van der Waals surface area contributed by atoms with Gasteiger partial charge in [-0.2, -0.15) is 0 Å². The molecule has 0 bridgehead atoms. The zero-order valence-electron chi connectivity index (χ0n) is 46.6. The van der Waals surface area contributed by atoms with Gasteiger partial charge in [-0.25, -0.2) is 0 Å². The minimum Gasteiger partial charge on any atom is -0.466 e. The smallest absolute Gasteiger partial charge is 0.305 e. The Morgan fingerprint density at radius 3 is 1.36 bits per heavy atom. The van der Waals surface area contributed by atoms with Gasteiger partial charge in [-0.05, 0) is 96.3 Å². The molecule has 0 aliphatic carbocycles. The SMILES string of the molecule is CCCC/C=C\CCCCCCCC(=O)OCCCCCCCCCCCCC/C=C\CCCCCCCCCC(=O)NC(COC1OC(CO)C(O)C(O)C1O)C(O)/C=C/CC/C=C/CC/C=C/CCCC. The van der Waals surface area contributed by atoms with E-state index in [9.17, 15) is 35.1 Å². The van der Waals surface area contributed by atoms with Gasteiger partial charge in [0.25, 0.3) is 0 Å². The topological polar surface area (TPSA) is 175 Å². The van der Waals surface area contributed by atoms with E-state index in [-0.39, 0.29) is 18.5 Å². The summed E-state index contributed by atoms with van der Waals surface area (Å²) in [6.45, 7) is 4.22. The van der Waals surface area contributed by atoms with Crippen molar-refractivity contribution in [1.82, 2.24) is 5.32 Å². The van der Waals surface area contributed by atoms with Gasteiger partial charge >= 0.3 is 5.97 Å². The van der Waals surface area contributed by atoms with E-state index in [1.165, 1.54) is 141 Å². The summed E-state index contributed by atoms with van der Waals surface area (Å²) in [7, 11) is 0. The normalized spacial score (nSPS) is 19.4. The second-order valence-corrected chi connectivity index (χ2v) is 20.7. The predicted molar refractivity (Wildman–Crippen MR) is 301 cm³/mol. The lowest BCUT2D eigenvalue weighted by molar-refractivity contribution is -0.302. The van der Waals surface area contributed by atoms with Crippen LogP contribution in [0.3, 0.4) is 0 Å². The molecule has 7 unspecified atom stereocenters. The molecule has 1 fully saturated rings. The number of amides is 1. The highest BCUT2D eigenvalue weighted by atomic mass is 16.7. The highest BCUT2D eigenvalue weighted by Crippen LogP contribution is 2.23. The molecule has 1 aliphatic heterocycles. The zero-order chi connectivity index (χ0) is 53.1. The van der Waals surface area contributed by atoms with Crippen molar-refractivity contribution in [2.75, 3.05) is 19.8 Å². The standard InChI is InChI=1S/C62H111NO10/c1-3-5-7-9-11-13-15-29-32-36-40-44-48-55(65)54(53-72-62-61(70)60(69)59(68)56(52-64)73-62)63-57(66)49-45-41-37-33-30-26-24-22-20-18-16-17-19-21-23-25-27-31-35-39-43-47-51-71-58(67)50-46-42-38-34-28-14-12-10-8-6-4-2/h9-12,18,20,29,32,44,48,54-56,59-62,64-65,68-70H,3-8,13-17,19,21-28,30-31,33-43,45-47,49-53H2,1-2H3,(H,63,66)/b11-9+,12-10-,20-18-,32-29+,48-44+. The lowest BCUT2D eigenvalue weighted by Gasteiger charge is -2.40. The summed E-state index contributed by atoms with van der Waals surface area (Å²) in [6, 6.07) is -0.840. The van der Waals surface area contributed by atoms with Gasteiger partial charge in [-0.1, -0.05) is 209 Å². The number of rotatable bonds is 51. The van der Waals surface area contributed by atoms with Crippen LogP contribution in [0.15, 0.2) is 60.8 Å². The molecule has 73 heavy (non-hydrogen) atoms. The van der Waals surface area contributed by atoms with E-state index >= 15 is 0 Å². The highest BCUT2D eigenvalue weighted by Gasteiger charge is 2.44. The van der Waals surface area contributed by atoms with Crippen LogP contribution in [0.25, 0.3) is 0 Å². The molecule has 0 aromatic carbocycles. The third kappa shape index (κ3) is 41.2. The van der Waals surface area contributed by atoms with Crippen LogP contribution in [0.4, 0.5) is 0 Å². The number of unbranched alkanes of at least 4 members (excludes halogenated alkanes) is 29. The van der Waals surface area contributed by atoms with Gasteiger partial charge in [-0.3, -0.25) is 9.59 Å². The molecule has 1 amide bonds. The van der Waals surface area contributed by atoms with Crippen LogP contribution < -0.4 is 5.32 Å². The van der Waals surface area contributed by atoms with Crippen molar-refractivity contribution in [3.63, 3.8) is 0 Å². The molecule has 0 radical (unpaired) electrons. The van der Waals surface area contributed by atoms with Crippen molar-refractivity contribution in [3.05, 3.63) is 60.8 Å². The van der Waals surface area contributed by atoms with Crippen LogP contribution in [0.2, 0.25) is 0 Å². The van der Waals surface area contributed by atoms with Crippen LogP contribution in [-0.2, 0) is 23.8 Å². The van der Waals surface area contributed by atoms with Crippen LogP contribution in [0.5, 0.6) is 0 Å². The molecule has 0 saturated carbocycles. The van der Waals surface area contributed by atoms with Crippen LogP contribution in [0.1, 0.15) is 258 Å². The average Bonchev–Trinajstić information content (AvgIpc) is 3.39. The maximum Gasteiger partial charge on any atom is 0.305 e. The molecule has 1 heterocycles. The van der Waals surface area contributed by atoms with Crippen molar-refractivity contribution in [1.29, 1.82) is 0 Å². The third-order valence-electron chi connectivity index (χ3n) is 13.8. The molecule has 7 atom stereocenters. The largest absolute Gasteiger partial charge is 0.466 e. The van der Waals surface area contributed by atoms with E-state index in [1.807, 2.05) is 6.08 Å². The summed E-state index contributed by atoms with van der Waals surface area (Å²) >= 11 is 0. The van der Waals surface area contributed by atoms with Crippen molar-refractivity contribution in [2.45, 2.75) is 301 Å². The molecule has 0 aromatic rings. The first kappa shape index (κ1) is 68.4. The molecule has 6 N–H and O–H groups in total. The van der Waals surface area contributed by atoms with Crippen molar-refractivity contribution in [3.8, 4) is 0 Å². The van der Waals surface area contributed by atoms with Crippen LogP contribution >= 0.6 is 0 Å². The second-order valence-electron chi connectivity index (χ2n) is 20.7. The fourth-order valence-corrected chi connectivity index (χ4v) is 8.96. The Hall–Kier alpha value is -2.64. The summed E-state index contributed by atoms with van der Waals surface area (Å²) in [4.78, 5) is 25.0. The van der Waals surface area contributed by atoms with E-state index < -0.39 is 49.5 Å². The Morgan fingerprint density at radius 1 is 0.493 bits per heavy atom. The zero-order valence-corrected chi connectivity index (χ0v) is 46.6. The number of aliphatic hydroxyl groups excluding tert-OH is 5. The maximum atomic E-state index is 13.0. The van der Waals surface area contributed by atoms with Gasteiger partial charge in [-0.15, -0.1) is 0 Å². The molecule has 1 saturated heterocycles. The second kappa shape index (κ2) is 51.5. The van der Waals surface area contributed by atoms with E-state index in [2.05, 4.69) is 67.8 Å². The molecule has 0 aromatic heterocycles. The molecule has 1 rings (SSSR count). The molecule has 424 valence electrons. The fraction of sp³-hybridized carbons (Fsp3) is 0.806. The van der Waals surface area contributed by atoms with E-state index in [0.717, 1.165) is 89.9 Å². The van der Waals surface area contributed by atoms with Gasteiger partial charge in [0, 0.05) is 12.8 Å². The maximum absolute atomic E-state index is 13.0. The number of allylic oxidation sites excluding steroid dienone is 9. The van der Waals surface area contributed by atoms with Gasteiger partial charge in [0.2, 0.25) is 5.91 Å². The van der Waals surface area contributed by atoms with Crippen LogP contribution in [-0.4, -0.2) is 100 Å². The Bertz CT molecular complexity index is 1400. The molecule has 11 nitrogen and oxygen atoms in total. The summed E-state index contributed by atoms with van der Waals surface area (Å²) in [5.74, 6) is -0.221. The minimum atomic E-state index is -1.58. The highest BCUT2D eigenvalue weighted by molar-refractivity contribution is 5.76. The van der Waals surface area contributed by atoms with Gasteiger partial charge in [0.15, 0.2) is 6.29 Å². The van der Waals surface area contributed by atoms with Crippen LogP contribution in [0, 0.1) is 0 Å². The lowest BCUT2D eigenvalue weighted by atomic mass is 9.99. The quantitative estimate of drug-likeness (QED) is 0.0195. The first-order valence-electron chi connectivity index (χ1n) is 30.1. The van der Waals surface area contributed by atoms with Gasteiger partial charge < -0.3 is 45.1 Å². The lowest BCUT2D eigenvalue weighted by Crippen LogP contribution is -2.60. The van der Waals surface area contributed by atoms with Crippen molar-refractivity contribution in [2.24, 2.45) is 0 Å². The first-order chi connectivity index (χ1) is 35.7. The Morgan fingerprint density at radius 2 is 0.890 bits per heavy atom. The number of carbonyl (C=O) groups is 2. The monoisotopic (exact) mass is 1030 g/mol. The summed E-state index contributed by atoms with van der Waals surface area (Å²) < 4.78 is 16.7. The van der Waals surface area contributed by atoms with Gasteiger partial charge in [0.1, 0.15) is 24.4 Å².